The van der Waals surface area contributed by atoms with Gasteiger partial charge in [-0.2, -0.15) is 14.4 Å². The number of rotatable bonds is 2. The van der Waals surface area contributed by atoms with Gasteiger partial charge in [-0.05, 0) is 5.92 Å². The Balaban J connectivity index is 2.16. The summed E-state index contributed by atoms with van der Waals surface area (Å²) in [7, 11) is 0. The lowest BCUT2D eigenvalue weighted by atomic mass is 9.79. The Morgan fingerprint density at radius 3 is 2.68 bits per heavy atom. The van der Waals surface area contributed by atoms with E-state index in [2.05, 4.69) is 15.0 Å². The minimum absolute atomic E-state index is 0.0909. The second-order valence-electron chi connectivity index (χ2n) is 6.08. The van der Waals surface area contributed by atoms with Crippen LogP contribution in [0, 0.1) is 17.4 Å². The summed E-state index contributed by atoms with van der Waals surface area (Å²) < 4.78 is 14.9. The van der Waals surface area contributed by atoms with E-state index in [1.165, 1.54) is 10.9 Å². The van der Waals surface area contributed by atoms with Crippen LogP contribution < -0.4 is 5.73 Å². The molecule has 0 spiro atoms. The first-order chi connectivity index (χ1) is 10.3. The number of nitrogens with zero attached hydrogens (tertiary/aromatic N) is 4. The Morgan fingerprint density at radius 1 is 1.41 bits per heavy atom. The number of nitrogen functional groups attached to an aromatic ring is 1. The van der Waals surface area contributed by atoms with Gasteiger partial charge in [0.15, 0.2) is 11.5 Å². The predicted molar refractivity (Wildman–Crippen MR) is 75.1 cm³/mol. The molecule has 0 radical (unpaired) electrons. The molecule has 3 rings (SSSR count). The smallest absolute Gasteiger partial charge is 0.312 e. The summed E-state index contributed by atoms with van der Waals surface area (Å²) >= 11 is 0. The molecule has 1 saturated carbocycles. The van der Waals surface area contributed by atoms with Crippen molar-refractivity contribution in [2.45, 2.75) is 32.1 Å². The molecule has 22 heavy (non-hydrogen) atoms. The first kappa shape index (κ1) is 15.1. The van der Waals surface area contributed by atoms with Gasteiger partial charge < -0.3 is 25.6 Å². The first-order valence-electron chi connectivity index (χ1n) is 6.93. The maximum atomic E-state index is 13.4. The Hall–Kier alpha value is -1.84. The van der Waals surface area contributed by atoms with E-state index in [1.54, 1.807) is 13.8 Å². The van der Waals surface area contributed by atoms with Crippen LogP contribution in [-0.4, -0.2) is 53.7 Å². The van der Waals surface area contributed by atoms with Gasteiger partial charge in [-0.15, -0.1) is 0 Å². The maximum absolute atomic E-state index is 13.4. The van der Waals surface area contributed by atoms with Crippen LogP contribution in [0.25, 0.3) is 11.2 Å². The topological polar surface area (TPSA) is 130 Å². The van der Waals surface area contributed by atoms with Gasteiger partial charge in [0.1, 0.15) is 11.6 Å². The lowest BCUT2D eigenvalue weighted by Gasteiger charge is -2.31. The van der Waals surface area contributed by atoms with Crippen molar-refractivity contribution >= 4 is 17.0 Å². The van der Waals surface area contributed by atoms with Gasteiger partial charge in [-0.25, -0.2) is 4.98 Å². The molecule has 1 fully saturated rings. The van der Waals surface area contributed by atoms with Crippen LogP contribution in [0.5, 0.6) is 0 Å². The highest BCUT2D eigenvalue weighted by molar-refractivity contribution is 5.81. The molecule has 0 amide bonds. The lowest BCUT2D eigenvalue weighted by Crippen LogP contribution is -2.38. The van der Waals surface area contributed by atoms with Crippen LogP contribution in [0.3, 0.4) is 0 Å². The average Bonchev–Trinajstić information content (AvgIpc) is 2.95. The van der Waals surface area contributed by atoms with Crippen LogP contribution >= 0.6 is 0 Å². The van der Waals surface area contributed by atoms with E-state index in [9.17, 15) is 19.7 Å². The highest BCUT2D eigenvalue weighted by Gasteiger charge is 2.55. The van der Waals surface area contributed by atoms with Gasteiger partial charge >= 0.3 is 6.08 Å². The zero-order valence-corrected chi connectivity index (χ0v) is 12.2. The molecule has 2 unspecified atom stereocenters. The molecule has 0 bridgehead atoms. The third-order valence-electron chi connectivity index (χ3n) is 4.98. The minimum atomic E-state index is -1.15. The standard InChI is InChI=1S/C13H18FN5O3/c1-5-7(8(21)9(22)13(5,2)3-20)19-4-16-6-10(15)17-12(14)18-11(6)19/h4-5,7-9,20-22H,3H2,1-2H3,(H2,15,17,18)/t5-,7-,8?,9?,13+/m1/s1. The SMILES string of the molecule is C[C@@H]1[C@@H](n2cnc3c(N)nc(F)nc32)C(O)C(O)[C@@]1(C)CO. The van der Waals surface area contributed by atoms with E-state index in [-0.39, 0.29) is 29.5 Å². The van der Waals surface area contributed by atoms with Crippen molar-refractivity contribution in [3.05, 3.63) is 12.4 Å². The van der Waals surface area contributed by atoms with E-state index in [4.69, 9.17) is 5.73 Å². The van der Waals surface area contributed by atoms with Gasteiger partial charge in [0, 0.05) is 5.41 Å². The van der Waals surface area contributed by atoms with E-state index in [1.807, 2.05) is 0 Å². The Labute approximate surface area is 125 Å². The number of aromatic nitrogens is 4. The Morgan fingerprint density at radius 2 is 2.09 bits per heavy atom. The molecule has 0 saturated heterocycles. The molecule has 2 heterocycles. The highest BCUT2D eigenvalue weighted by Crippen LogP contribution is 2.49. The predicted octanol–water partition coefficient (Wildman–Crippen LogP) is -0.541. The molecule has 5 N–H and O–H groups in total. The zero-order valence-electron chi connectivity index (χ0n) is 12.2. The van der Waals surface area contributed by atoms with Crippen LogP contribution in [0.15, 0.2) is 6.33 Å². The number of hydrogen-bond donors (Lipinski definition) is 4. The zero-order chi connectivity index (χ0) is 16.2. The van der Waals surface area contributed by atoms with Gasteiger partial charge in [-0.1, -0.05) is 13.8 Å². The number of halogens is 1. The van der Waals surface area contributed by atoms with Crippen molar-refractivity contribution in [2.24, 2.45) is 11.3 Å². The molecule has 1 aliphatic carbocycles. The van der Waals surface area contributed by atoms with Crippen LogP contribution in [0.2, 0.25) is 0 Å². The third-order valence-corrected chi connectivity index (χ3v) is 4.98. The first-order valence-corrected chi connectivity index (χ1v) is 6.93. The quantitative estimate of drug-likeness (QED) is 0.548. The fourth-order valence-corrected chi connectivity index (χ4v) is 3.30. The summed E-state index contributed by atoms with van der Waals surface area (Å²) in [6.45, 7) is 3.20. The molecule has 0 aromatic carbocycles. The molecule has 120 valence electrons. The average molecular weight is 311 g/mol. The molecule has 2 aromatic rings. The number of nitrogens with two attached hydrogens (primary N) is 1. The number of imidazole rings is 1. The summed E-state index contributed by atoms with van der Waals surface area (Å²) in [4.78, 5) is 11.2. The summed E-state index contributed by atoms with van der Waals surface area (Å²) in [5.74, 6) is -0.397. The van der Waals surface area contributed by atoms with Crippen molar-refractivity contribution < 1.29 is 19.7 Å². The van der Waals surface area contributed by atoms with Crippen molar-refractivity contribution in [3.8, 4) is 0 Å². The molecule has 8 nitrogen and oxygen atoms in total. The molecule has 5 atom stereocenters. The number of hydrogen-bond acceptors (Lipinski definition) is 7. The van der Waals surface area contributed by atoms with Gasteiger partial charge in [0.05, 0.1) is 25.1 Å². The summed E-state index contributed by atoms with van der Waals surface area (Å²) in [5.41, 5.74) is 5.11. The third kappa shape index (κ3) is 1.82. The molecular weight excluding hydrogens is 293 g/mol. The van der Waals surface area contributed by atoms with E-state index in [0.717, 1.165) is 0 Å². The molecular formula is C13H18FN5O3. The Bertz CT molecular complexity index is 723. The van der Waals surface area contributed by atoms with Crippen molar-refractivity contribution in [1.29, 1.82) is 0 Å². The minimum Gasteiger partial charge on any atom is -0.396 e. The van der Waals surface area contributed by atoms with Crippen LogP contribution in [0.4, 0.5) is 10.2 Å². The van der Waals surface area contributed by atoms with Crippen LogP contribution in [0.1, 0.15) is 19.9 Å². The number of fused-ring (bicyclic) bond motifs is 1. The number of aliphatic hydroxyl groups excluding tert-OH is 3. The van der Waals surface area contributed by atoms with E-state index in [0.29, 0.717) is 0 Å². The van der Waals surface area contributed by atoms with Crippen molar-refractivity contribution in [1.82, 2.24) is 19.5 Å². The number of aliphatic hydroxyl groups is 3. The summed E-state index contributed by atoms with van der Waals surface area (Å²) in [6, 6.07) is -0.620. The number of anilines is 1. The monoisotopic (exact) mass is 311 g/mol. The Kier molecular flexibility index (Phi) is 3.31. The summed E-state index contributed by atoms with van der Waals surface area (Å²) in [6.07, 6.45) is -1.88. The molecule has 1 aliphatic rings. The fraction of sp³-hybridized carbons (Fsp3) is 0.615. The highest BCUT2D eigenvalue weighted by atomic mass is 19.1. The lowest BCUT2D eigenvalue weighted by molar-refractivity contribution is -0.0470. The largest absolute Gasteiger partial charge is 0.396 e. The van der Waals surface area contributed by atoms with Gasteiger partial charge in [0.2, 0.25) is 0 Å². The second kappa shape index (κ2) is 4.83. The van der Waals surface area contributed by atoms with E-state index < -0.39 is 29.7 Å². The summed E-state index contributed by atoms with van der Waals surface area (Å²) in [5, 5.41) is 30.2. The van der Waals surface area contributed by atoms with Crippen LogP contribution in [-0.2, 0) is 0 Å². The van der Waals surface area contributed by atoms with Gasteiger partial charge in [-0.3, -0.25) is 0 Å². The van der Waals surface area contributed by atoms with E-state index >= 15 is 0 Å². The second-order valence-corrected chi connectivity index (χ2v) is 6.08. The normalized spacial score (nSPS) is 35.4. The molecule has 9 heteroatoms. The fourth-order valence-electron chi connectivity index (χ4n) is 3.30. The van der Waals surface area contributed by atoms with Crippen molar-refractivity contribution in [2.75, 3.05) is 12.3 Å². The maximum Gasteiger partial charge on any atom is 0.312 e. The molecule has 2 aromatic heterocycles. The van der Waals surface area contributed by atoms with Gasteiger partial charge in [0.25, 0.3) is 0 Å². The van der Waals surface area contributed by atoms with Crippen molar-refractivity contribution in [3.63, 3.8) is 0 Å². The molecule has 0 aliphatic heterocycles.